The molecule has 1 amide bonds. The molecule has 2 atom stereocenters. The Morgan fingerprint density at radius 2 is 1.97 bits per heavy atom. The average Bonchev–Trinajstić information content (AvgIpc) is 3.46. The molecule has 0 bridgehead atoms. The van der Waals surface area contributed by atoms with E-state index in [1.807, 2.05) is 30.9 Å². The zero-order chi connectivity index (χ0) is 22.2. The molecule has 7 nitrogen and oxygen atoms in total. The SMILES string of the molecule is CCNC(=NCC(c1ccccc1OC)N1CCCC1)NC1CCN(C(=O)C(C)C)C1. The summed E-state index contributed by atoms with van der Waals surface area (Å²) in [6.07, 6.45) is 3.41. The first-order valence-corrected chi connectivity index (χ1v) is 11.7. The van der Waals surface area contributed by atoms with Gasteiger partial charge in [0.15, 0.2) is 5.96 Å². The molecule has 0 spiro atoms. The van der Waals surface area contributed by atoms with Crippen molar-refractivity contribution >= 4 is 11.9 Å². The maximum absolute atomic E-state index is 12.3. The second-order valence-corrected chi connectivity index (χ2v) is 8.79. The van der Waals surface area contributed by atoms with E-state index >= 15 is 0 Å². The van der Waals surface area contributed by atoms with Gasteiger partial charge in [0.05, 0.1) is 19.7 Å². The molecule has 0 aliphatic carbocycles. The van der Waals surface area contributed by atoms with Crippen molar-refractivity contribution in [2.24, 2.45) is 10.9 Å². The van der Waals surface area contributed by atoms with E-state index < -0.39 is 0 Å². The van der Waals surface area contributed by atoms with Gasteiger partial charge in [-0.05, 0) is 45.3 Å². The zero-order valence-corrected chi connectivity index (χ0v) is 19.6. The summed E-state index contributed by atoms with van der Waals surface area (Å²) >= 11 is 0. The lowest BCUT2D eigenvalue weighted by atomic mass is 10.0. The maximum atomic E-state index is 12.3. The van der Waals surface area contributed by atoms with Crippen LogP contribution in [0, 0.1) is 5.92 Å². The molecule has 1 aromatic carbocycles. The lowest BCUT2D eigenvalue weighted by Crippen LogP contribution is -2.45. The predicted molar refractivity (Wildman–Crippen MR) is 125 cm³/mol. The third kappa shape index (κ3) is 6.12. The molecule has 2 unspecified atom stereocenters. The van der Waals surface area contributed by atoms with Crippen LogP contribution >= 0.6 is 0 Å². The molecule has 2 heterocycles. The standard InChI is InChI=1S/C24H39N5O2/c1-5-25-24(27-19-12-15-29(17-19)23(30)18(2)3)26-16-21(28-13-8-9-14-28)20-10-6-7-11-22(20)31-4/h6-7,10-11,18-19,21H,5,8-9,12-17H2,1-4H3,(H2,25,26,27). The van der Waals surface area contributed by atoms with Crippen LogP contribution in [0.25, 0.3) is 0 Å². The topological polar surface area (TPSA) is 69.2 Å². The Balaban J connectivity index is 1.71. The fourth-order valence-corrected chi connectivity index (χ4v) is 4.54. The maximum Gasteiger partial charge on any atom is 0.225 e. The number of aliphatic imine (C=N–C) groups is 1. The number of amides is 1. The highest BCUT2D eigenvalue weighted by Crippen LogP contribution is 2.31. The van der Waals surface area contributed by atoms with Gasteiger partial charge in [-0.25, -0.2) is 0 Å². The molecule has 1 aromatic rings. The van der Waals surface area contributed by atoms with Gasteiger partial charge < -0.3 is 20.3 Å². The van der Waals surface area contributed by atoms with Gasteiger partial charge in [0.2, 0.25) is 5.91 Å². The second kappa shape index (κ2) is 11.4. The number of carbonyl (C=O) groups is 1. The number of hydrogen-bond donors (Lipinski definition) is 2. The van der Waals surface area contributed by atoms with Gasteiger partial charge in [-0.3, -0.25) is 14.7 Å². The molecule has 0 aromatic heterocycles. The molecule has 2 aliphatic heterocycles. The summed E-state index contributed by atoms with van der Waals surface area (Å²) < 4.78 is 5.66. The van der Waals surface area contributed by atoms with Crippen molar-refractivity contribution < 1.29 is 9.53 Å². The van der Waals surface area contributed by atoms with Crippen molar-refractivity contribution in [3.63, 3.8) is 0 Å². The summed E-state index contributed by atoms with van der Waals surface area (Å²) in [4.78, 5) is 21.8. The number of carbonyl (C=O) groups excluding carboxylic acids is 1. The van der Waals surface area contributed by atoms with E-state index in [9.17, 15) is 4.79 Å². The van der Waals surface area contributed by atoms with Crippen molar-refractivity contribution in [2.45, 2.75) is 52.1 Å². The smallest absolute Gasteiger partial charge is 0.225 e. The summed E-state index contributed by atoms with van der Waals surface area (Å²) in [5.74, 6) is 2.02. The van der Waals surface area contributed by atoms with Crippen molar-refractivity contribution in [1.82, 2.24) is 20.4 Å². The molecule has 2 aliphatic rings. The number of nitrogens with one attached hydrogen (secondary N) is 2. The van der Waals surface area contributed by atoms with Crippen LogP contribution in [0.3, 0.4) is 0 Å². The number of para-hydroxylation sites is 1. The first-order valence-electron chi connectivity index (χ1n) is 11.7. The van der Waals surface area contributed by atoms with E-state index in [2.05, 4.69) is 34.6 Å². The van der Waals surface area contributed by atoms with E-state index in [0.717, 1.165) is 50.9 Å². The summed E-state index contributed by atoms with van der Waals surface area (Å²) in [5, 5.41) is 6.95. The zero-order valence-electron chi connectivity index (χ0n) is 19.6. The molecule has 2 N–H and O–H groups in total. The highest BCUT2D eigenvalue weighted by molar-refractivity contribution is 5.81. The van der Waals surface area contributed by atoms with E-state index in [1.54, 1.807) is 7.11 Å². The Morgan fingerprint density at radius 1 is 1.23 bits per heavy atom. The first kappa shape index (κ1) is 23.4. The van der Waals surface area contributed by atoms with Gasteiger partial charge in [-0.15, -0.1) is 0 Å². The van der Waals surface area contributed by atoms with Crippen LogP contribution in [0.5, 0.6) is 5.75 Å². The monoisotopic (exact) mass is 429 g/mol. The number of rotatable bonds is 8. The predicted octanol–water partition coefficient (Wildman–Crippen LogP) is 2.64. The Hall–Kier alpha value is -2.28. The van der Waals surface area contributed by atoms with Gasteiger partial charge in [-0.1, -0.05) is 32.0 Å². The molecule has 2 saturated heterocycles. The summed E-state index contributed by atoms with van der Waals surface area (Å²) in [6, 6.07) is 8.71. The van der Waals surface area contributed by atoms with Crippen LogP contribution in [0.1, 0.15) is 51.6 Å². The summed E-state index contributed by atoms with van der Waals surface area (Å²) in [7, 11) is 1.74. The number of likely N-dealkylation sites (tertiary alicyclic amines) is 2. The fourth-order valence-electron chi connectivity index (χ4n) is 4.54. The van der Waals surface area contributed by atoms with Gasteiger partial charge in [0, 0.05) is 37.2 Å². The number of methoxy groups -OCH3 is 1. The third-order valence-electron chi connectivity index (χ3n) is 6.18. The third-order valence-corrected chi connectivity index (χ3v) is 6.18. The second-order valence-electron chi connectivity index (χ2n) is 8.79. The van der Waals surface area contributed by atoms with E-state index in [1.165, 1.54) is 18.4 Å². The van der Waals surface area contributed by atoms with Crippen molar-refractivity contribution in [3.05, 3.63) is 29.8 Å². The van der Waals surface area contributed by atoms with E-state index in [4.69, 9.17) is 9.73 Å². The highest BCUT2D eigenvalue weighted by Gasteiger charge is 2.29. The van der Waals surface area contributed by atoms with Crippen LogP contribution in [-0.4, -0.2) is 74.1 Å². The normalized spacial score (nSPS) is 20.9. The Morgan fingerprint density at radius 3 is 2.65 bits per heavy atom. The van der Waals surface area contributed by atoms with Crippen LogP contribution < -0.4 is 15.4 Å². The van der Waals surface area contributed by atoms with Crippen molar-refractivity contribution in [3.8, 4) is 5.75 Å². The van der Waals surface area contributed by atoms with Crippen molar-refractivity contribution in [2.75, 3.05) is 46.4 Å². The fraction of sp³-hybridized carbons (Fsp3) is 0.667. The number of guanidine groups is 1. The van der Waals surface area contributed by atoms with Gasteiger partial charge in [0.25, 0.3) is 0 Å². The lowest BCUT2D eigenvalue weighted by molar-refractivity contribution is -0.133. The van der Waals surface area contributed by atoms with Gasteiger partial charge >= 0.3 is 0 Å². The molecular weight excluding hydrogens is 390 g/mol. The Labute approximate surface area is 187 Å². The van der Waals surface area contributed by atoms with Crippen molar-refractivity contribution in [1.29, 1.82) is 0 Å². The summed E-state index contributed by atoms with van der Waals surface area (Å²) in [5.41, 5.74) is 1.20. The van der Waals surface area contributed by atoms with E-state index in [-0.39, 0.29) is 23.9 Å². The molecular formula is C24H39N5O2. The minimum Gasteiger partial charge on any atom is -0.496 e. The molecule has 2 fully saturated rings. The molecule has 172 valence electrons. The van der Waals surface area contributed by atoms with Crippen LogP contribution in [0.2, 0.25) is 0 Å². The van der Waals surface area contributed by atoms with Gasteiger partial charge in [0.1, 0.15) is 5.75 Å². The highest BCUT2D eigenvalue weighted by atomic mass is 16.5. The molecule has 0 saturated carbocycles. The number of nitrogens with zero attached hydrogens (tertiary/aromatic N) is 3. The minimum atomic E-state index is 0.0442. The molecule has 31 heavy (non-hydrogen) atoms. The minimum absolute atomic E-state index is 0.0442. The number of ether oxygens (including phenoxy) is 1. The van der Waals surface area contributed by atoms with E-state index in [0.29, 0.717) is 6.54 Å². The number of benzene rings is 1. The molecule has 7 heteroatoms. The quantitative estimate of drug-likeness (QED) is 0.491. The first-order chi connectivity index (χ1) is 15.0. The van der Waals surface area contributed by atoms with Gasteiger partial charge in [-0.2, -0.15) is 0 Å². The molecule has 3 rings (SSSR count). The summed E-state index contributed by atoms with van der Waals surface area (Å²) in [6.45, 7) is 11.2. The number of hydrogen-bond acceptors (Lipinski definition) is 4. The Kier molecular flexibility index (Phi) is 8.58. The lowest BCUT2D eigenvalue weighted by Gasteiger charge is -2.28. The van der Waals surface area contributed by atoms with Crippen LogP contribution in [0.4, 0.5) is 0 Å². The Bertz CT molecular complexity index is 745. The van der Waals surface area contributed by atoms with Crippen LogP contribution in [0.15, 0.2) is 29.3 Å². The largest absolute Gasteiger partial charge is 0.496 e. The molecule has 0 radical (unpaired) electrons. The average molecular weight is 430 g/mol. The van der Waals surface area contributed by atoms with Crippen LogP contribution in [-0.2, 0) is 4.79 Å².